The molecule has 0 aliphatic carbocycles. The van der Waals surface area contributed by atoms with E-state index in [-0.39, 0.29) is 24.7 Å². The molecule has 11 heteroatoms. The number of nitrogens with two attached hydrogens (primary N) is 2. The summed E-state index contributed by atoms with van der Waals surface area (Å²) in [6.45, 7) is 8.52. The molecule has 0 bridgehead atoms. The third-order valence-corrected chi connectivity index (χ3v) is 4.85. The molecule has 8 N–H and O–H groups in total. The van der Waals surface area contributed by atoms with Crippen LogP contribution in [0.2, 0.25) is 0 Å². The molecule has 0 spiro atoms. The van der Waals surface area contributed by atoms with Crippen LogP contribution in [0.3, 0.4) is 0 Å². The average molecular weight is 430 g/mol. The number of carboxylic acids is 1. The first-order valence-electron chi connectivity index (χ1n) is 9.99. The lowest BCUT2D eigenvalue weighted by Crippen LogP contribution is -2.58. The normalized spacial score (nSPS) is 16.0. The number of carbonyl (C=O) groups excluding carboxylic acids is 4. The first-order chi connectivity index (χ1) is 13.8. The van der Waals surface area contributed by atoms with Crippen LogP contribution in [0.15, 0.2) is 0 Å². The first-order valence-corrected chi connectivity index (χ1v) is 9.99. The minimum atomic E-state index is -1.33. The van der Waals surface area contributed by atoms with Gasteiger partial charge in [-0.25, -0.2) is 4.79 Å². The molecule has 0 aromatic heterocycles. The van der Waals surface area contributed by atoms with Gasteiger partial charge < -0.3 is 32.5 Å². The van der Waals surface area contributed by atoms with E-state index in [9.17, 15) is 29.1 Å². The van der Waals surface area contributed by atoms with E-state index < -0.39 is 53.8 Å². The van der Waals surface area contributed by atoms with Gasteiger partial charge in [0.1, 0.15) is 18.1 Å². The molecule has 0 fully saturated rings. The molecule has 0 heterocycles. The van der Waals surface area contributed by atoms with Crippen LogP contribution in [-0.2, 0) is 24.0 Å². The third-order valence-electron chi connectivity index (χ3n) is 4.85. The van der Waals surface area contributed by atoms with Crippen LogP contribution in [0.4, 0.5) is 0 Å². The summed E-state index contributed by atoms with van der Waals surface area (Å²) in [5.74, 6) is -4.26. The highest BCUT2D eigenvalue weighted by atomic mass is 16.4. The molecular weight excluding hydrogens is 394 g/mol. The Morgan fingerprint density at radius 3 is 1.90 bits per heavy atom. The monoisotopic (exact) mass is 429 g/mol. The summed E-state index contributed by atoms with van der Waals surface area (Å²) in [6, 6.07) is -4.09. The minimum Gasteiger partial charge on any atom is -0.480 e. The zero-order valence-corrected chi connectivity index (χ0v) is 18.2. The fourth-order valence-corrected chi connectivity index (χ4v) is 2.51. The number of carbonyl (C=O) groups is 5. The third kappa shape index (κ3) is 9.21. The van der Waals surface area contributed by atoms with Crippen LogP contribution < -0.4 is 27.4 Å². The topological polar surface area (TPSA) is 194 Å². The summed E-state index contributed by atoms with van der Waals surface area (Å²) < 4.78 is 0. The van der Waals surface area contributed by atoms with Crippen LogP contribution in [0.25, 0.3) is 0 Å². The molecule has 11 nitrogen and oxygen atoms in total. The summed E-state index contributed by atoms with van der Waals surface area (Å²) in [5.41, 5.74) is 10.9. The Bertz CT molecular complexity index is 639. The van der Waals surface area contributed by atoms with Gasteiger partial charge in [0.05, 0.1) is 6.04 Å². The molecule has 0 aromatic carbocycles. The molecule has 4 amide bonds. The lowest BCUT2D eigenvalue weighted by atomic mass is 9.99. The minimum absolute atomic E-state index is 0.0668. The SMILES string of the molecule is CC[C@H](C)[C@H](N)C(=O)N[C@@H](C)C(=O)N[C@H](C(=O)N[C@@H](CCC(N)=O)C(=O)O)C(C)C. The lowest BCUT2D eigenvalue weighted by molar-refractivity contribution is -0.143. The van der Waals surface area contributed by atoms with E-state index in [1.54, 1.807) is 13.8 Å². The van der Waals surface area contributed by atoms with Crippen molar-refractivity contribution >= 4 is 29.6 Å². The van der Waals surface area contributed by atoms with Gasteiger partial charge in [-0.1, -0.05) is 34.1 Å². The van der Waals surface area contributed by atoms with Gasteiger partial charge in [-0.15, -0.1) is 0 Å². The van der Waals surface area contributed by atoms with Crippen molar-refractivity contribution in [2.24, 2.45) is 23.3 Å². The van der Waals surface area contributed by atoms with E-state index in [0.717, 1.165) is 0 Å². The van der Waals surface area contributed by atoms with E-state index >= 15 is 0 Å². The van der Waals surface area contributed by atoms with Gasteiger partial charge in [-0.05, 0) is 25.2 Å². The predicted molar refractivity (Wildman–Crippen MR) is 110 cm³/mol. The van der Waals surface area contributed by atoms with Crippen molar-refractivity contribution in [3.63, 3.8) is 0 Å². The van der Waals surface area contributed by atoms with Crippen molar-refractivity contribution in [3.05, 3.63) is 0 Å². The van der Waals surface area contributed by atoms with E-state index in [4.69, 9.17) is 11.5 Å². The summed E-state index contributed by atoms with van der Waals surface area (Å²) in [7, 11) is 0. The molecule has 0 saturated heterocycles. The van der Waals surface area contributed by atoms with Gasteiger partial charge in [0.15, 0.2) is 0 Å². The Kier molecular flexibility index (Phi) is 11.6. The Morgan fingerprint density at radius 1 is 0.900 bits per heavy atom. The molecule has 30 heavy (non-hydrogen) atoms. The second-order valence-electron chi connectivity index (χ2n) is 7.78. The molecular formula is C19H35N5O6. The number of amides is 4. The Hall–Kier alpha value is -2.69. The van der Waals surface area contributed by atoms with Crippen LogP contribution in [0.5, 0.6) is 0 Å². The van der Waals surface area contributed by atoms with Crippen LogP contribution in [-0.4, -0.2) is 58.9 Å². The predicted octanol–water partition coefficient (Wildman–Crippen LogP) is -1.16. The summed E-state index contributed by atoms with van der Waals surface area (Å²) in [4.78, 5) is 59.4. The number of nitrogens with one attached hydrogen (secondary N) is 3. The first kappa shape index (κ1) is 27.3. The van der Waals surface area contributed by atoms with Gasteiger partial charge >= 0.3 is 5.97 Å². The average Bonchev–Trinajstić information content (AvgIpc) is 2.66. The smallest absolute Gasteiger partial charge is 0.326 e. The zero-order valence-electron chi connectivity index (χ0n) is 18.2. The molecule has 0 radical (unpaired) electrons. The molecule has 5 atom stereocenters. The molecule has 0 unspecified atom stereocenters. The van der Waals surface area contributed by atoms with Gasteiger partial charge in [-0.2, -0.15) is 0 Å². The molecule has 0 aliphatic heterocycles. The van der Waals surface area contributed by atoms with Crippen LogP contribution in [0.1, 0.15) is 53.9 Å². The zero-order chi connectivity index (χ0) is 23.6. The number of hydrogen-bond acceptors (Lipinski definition) is 6. The molecule has 0 aromatic rings. The van der Waals surface area contributed by atoms with Crippen molar-refractivity contribution in [1.82, 2.24) is 16.0 Å². The highest BCUT2D eigenvalue weighted by Crippen LogP contribution is 2.07. The van der Waals surface area contributed by atoms with E-state index in [1.807, 2.05) is 13.8 Å². The van der Waals surface area contributed by atoms with Gasteiger partial charge in [0.2, 0.25) is 23.6 Å². The summed E-state index contributed by atoms with van der Waals surface area (Å²) in [6.07, 6.45) is 0.315. The summed E-state index contributed by atoms with van der Waals surface area (Å²) in [5, 5.41) is 16.6. The maximum atomic E-state index is 12.5. The van der Waals surface area contributed by atoms with Gasteiger partial charge in [0.25, 0.3) is 0 Å². The fourth-order valence-electron chi connectivity index (χ4n) is 2.51. The van der Waals surface area contributed by atoms with E-state index in [1.165, 1.54) is 6.92 Å². The standard InChI is InChI=1S/C19H35N5O6/c1-6-10(4)14(21)17(27)22-11(5)16(26)24-15(9(2)3)18(28)23-12(19(29)30)7-8-13(20)25/h9-12,14-15H,6-8,21H2,1-5H3,(H2,20,25)(H,22,27)(H,23,28)(H,24,26)(H,29,30)/t10-,11-,12-,14-,15-/m0/s1. The van der Waals surface area contributed by atoms with Crippen molar-refractivity contribution < 1.29 is 29.1 Å². The number of primary amides is 1. The summed E-state index contributed by atoms with van der Waals surface area (Å²) >= 11 is 0. The second kappa shape index (κ2) is 12.8. The van der Waals surface area contributed by atoms with Crippen LogP contribution >= 0.6 is 0 Å². The van der Waals surface area contributed by atoms with Crippen molar-refractivity contribution in [2.75, 3.05) is 0 Å². The molecule has 172 valence electrons. The number of rotatable bonds is 13. The highest BCUT2D eigenvalue weighted by molar-refractivity contribution is 5.94. The maximum absolute atomic E-state index is 12.5. The molecule has 0 saturated carbocycles. The highest BCUT2D eigenvalue weighted by Gasteiger charge is 2.31. The van der Waals surface area contributed by atoms with Gasteiger partial charge in [0, 0.05) is 6.42 Å². The van der Waals surface area contributed by atoms with E-state index in [0.29, 0.717) is 6.42 Å². The van der Waals surface area contributed by atoms with Crippen LogP contribution in [0, 0.1) is 11.8 Å². The Labute approximate surface area is 176 Å². The Balaban J connectivity index is 5.06. The van der Waals surface area contributed by atoms with Crippen molar-refractivity contribution in [2.45, 2.75) is 78.0 Å². The largest absolute Gasteiger partial charge is 0.480 e. The van der Waals surface area contributed by atoms with Gasteiger partial charge in [-0.3, -0.25) is 19.2 Å². The van der Waals surface area contributed by atoms with Crippen molar-refractivity contribution in [3.8, 4) is 0 Å². The van der Waals surface area contributed by atoms with Crippen molar-refractivity contribution in [1.29, 1.82) is 0 Å². The fraction of sp³-hybridized carbons (Fsp3) is 0.737. The number of aliphatic carboxylic acids is 1. The Morgan fingerprint density at radius 2 is 1.47 bits per heavy atom. The van der Waals surface area contributed by atoms with E-state index in [2.05, 4.69) is 16.0 Å². The second-order valence-corrected chi connectivity index (χ2v) is 7.78. The molecule has 0 rings (SSSR count). The number of carboxylic acid groups (broad SMARTS) is 1. The quantitative estimate of drug-likeness (QED) is 0.212. The number of hydrogen-bond donors (Lipinski definition) is 6. The lowest BCUT2D eigenvalue weighted by Gasteiger charge is -2.26. The maximum Gasteiger partial charge on any atom is 0.326 e. The molecule has 0 aliphatic rings.